The molecule has 1 atom stereocenters. The largest absolute Gasteiger partial charge is 0.492 e. The maximum atomic E-state index is 5.92. The van der Waals surface area contributed by atoms with E-state index in [4.69, 9.17) is 4.74 Å². The van der Waals surface area contributed by atoms with Gasteiger partial charge in [0.25, 0.3) is 0 Å². The number of hydrogen-bond acceptors (Lipinski definition) is 1. The van der Waals surface area contributed by atoms with Crippen molar-refractivity contribution in [3.63, 3.8) is 0 Å². The van der Waals surface area contributed by atoms with Gasteiger partial charge in [-0.1, -0.05) is 19.6 Å². The molecular weight excluding hydrogens is 198 g/mol. The molecule has 82 valence electrons. The van der Waals surface area contributed by atoms with E-state index >= 15 is 0 Å². The fourth-order valence-electron chi connectivity index (χ4n) is 2.41. The molecule has 1 aromatic carbocycles. The first-order chi connectivity index (χ1) is 7.79. The highest BCUT2D eigenvalue weighted by atomic mass is 16.5. The van der Waals surface area contributed by atoms with Gasteiger partial charge in [-0.2, -0.15) is 0 Å². The van der Waals surface area contributed by atoms with Crippen LogP contribution in [-0.4, -0.2) is 11.6 Å². The normalized spacial score (nSPS) is 19.2. The van der Waals surface area contributed by atoms with E-state index in [9.17, 15) is 0 Å². The third kappa shape index (κ3) is 1.26. The first-order valence-corrected chi connectivity index (χ1v) is 5.68. The molecule has 2 heterocycles. The predicted octanol–water partition coefficient (Wildman–Crippen LogP) is 3.38. The lowest BCUT2D eigenvalue weighted by Gasteiger charge is -2.10. The molecule has 1 N–H and O–H groups in total. The topological polar surface area (TPSA) is 25.0 Å². The SMILES string of the molecule is C=Cc1ccc2[nH]cc3c2c1OCC(C)C3. The van der Waals surface area contributed by atoms with Crippen molar-refractivity contribution in [1.82, 2.24) is 4.98 Å². The Balaban J connectivity index is 2.34. The molecule has 0 spiro atoms. The second-order valence-electron chi connectivity index (χ2n) is 4.54. The van der Waals surface area contributed by atoms with Crippen LogP contribution in [0.25, 0.3) is 17.0 Å². The Labute approximate surface area is 94.9 Å². The summed E-state index contributed by atoms with van der Waals surface area (Å²) in [6.45, 7) is 6.85. The van der Waals surface area contributed by atoms with Gasteiger partial charge in [-0.15, -0.1) is 0 Å². The van der Waals surface area contributed by atoms with E-state index in [1.54, 1.807) is 0 Å². The fourth-order valence-corrected chi connectivity index (χ4v) is 2.41. The number of H-pyrrole nitrogens is 1. The maximum Gasteiger partial charge on any atom is 0.136 e. The molecule has 2 heteroatoms. The quantitative estimate of drug-likeness (QED) is 0.771. The molecule has 0 radical (unpaired) electrons. The van der Waals surface area contributed by atoms with Gasteiger partial charge >= 0.3 is 0 Å². The smallest absolute Gasteiger partial charge is 0.136 e. The lowest BCUT2D eigenvalue weighted by atomic mass is 10.0. The molecule has 1 aliphatic heterocycles. The molecule has 0 saturated heterocycles. The van der Waals surface area contributed by atoms with Crippen LogP contribution < -0.4 is 4.74 Å². The number of aromatic nitrogens is 1. The Morgan fingerprint density at radius 3 is 3.19 bits per heavy atom. The third-order valence-corrected chi connectivity index (χ3v) is 3.21. The van der Waals surface area contributed by atoms with Gasteiger partial charge in [-0.05, 0) is 30.0 Å². The van der Waals surface area contributed by atoms with Crippen LogP contribution >= 0.6 is 0 Å². The third-order valence-electron chi connectivity index (χ3n) is 3.21. The summed E-state index contributed by atoms with van der Waals surface area (Å²) in [5, 5.41) is 1.24. The highest BCUT2D eigenvalue weighted by Crippen LogP contribution is 2.36. The molecule has 0 amide bonds. The molecule has 3 rings (SSSR count). The zero-order chi connectivity index (χ0) is 11.1. The Hall–Kier alpha value is -1.70. The minimum atomic E-state index is 0.559. The second kappa shape index (κ2) is 3.41. The van der Waals surface area contributed by atoms with Gasteiger partial charge in [0.15, 0.2) is 0 Å². The van der Waals surface area contributed by atoms with Crippen molar-refractivity contribution in [3.8, 4) is 5.75 Å². The second-order valence-corrected chi connectivity index (χ2v) is 4.54. The Morgan fingerprint density at radius 2 is 2.38 bits per heavy atom. The number of hydrogen-bond donors (Lipinski definition) is 1. The summed E-state index contributed by atoms with van der Waals surface area (Å²) in [7, 11) is 0. The summed E-state index contributed by atoms with van der Waals surface area (Å²) in [5.41, 5.74) is 3.60. The van der Waals surface area contributed by atoms with Crippen LogP contribution in [0.5, 0.6) is 5.75 Å². The predicted molar refractivity (Wildman–Crippen MR) is 66.8 cm³/mol. The van der Waals surface area contributed by atoms with E-state index in [1.165, 1.54) is 10.9 Å². The van der Waals surface area contributed by atoms with Gasteiger partial charge in [-0.3, -0.25) is 0 Å². The van der Waals surface area contributed by atoms with Crippen LogP contribution in [-0.2, 0) is 6.42 Å². The highest BCUT2D eigenvalue weighted by molar-refractivity contribution is 5.92. The average molecular weight is 213 g/mol. The van der Waals surface area contributed by atoms with Gasteiger partial charge in [-0.25, -0.2) is 0 Å². The summed E-state index contributed by atoms with van der Waals surface area (Å²) in [6.07, 6.45) is 5.04. The van der Waals surface area contributed by atoms with Gasteiger partial charge in [0.05, 0.1) is 6.61 Å². The molecule has 2 aromatic rings. The van der Waals surface area contributed by atoms with Crippen LogP contribution in [0.2, 0.25) is 0 Å². The lowest BCUT2D eigenvalue weighted by Crippen LogP contribution is -2.08. The van der Waals surface area contributed by atoms with Crippen molar-refractivity contribution < 1.29 is 4.74 Å². The van der Waals surface area contributed by atoms with Crippen molar-refractivity contribution in [2.24, 2.45) is 5.92 Å². The van der Waals surface area contributed by atoms with Crippen LogP contribution in [0.15, 0.2) is 24.9 Å². The lowest BCUT2D eigenvalue weighted by molar-refractivity contribution is 0.267. The first-order valence-electron chi connectivity index (χ1n) is 5.68. The Morgan fingerprint density at radius 1 is 1.50 bits per heavy atom. The molecule has 16 heavy (non-hydrogen) atoms. The molecule has 0 saturated carbocycles. The van der Waals surface area contributed by atoms with Crippen molar-refractivity contribution in [1.29, 1.82) is 0 Å². The van der Waals surface area contributed by atoms with Crippen LogP contribution in [0.3, 0.4) is 0 Å². The zero-order valence-corrected chi connectivity index (χ0v) is 9.42. The van der Waals surface area contributed by atoms with Crippen LogP contribution in [0.1, 0.15) is 18.1 Å². The minimum Gasteiger partial charge on any atom is -0.492 e. The van der Waals surface area contributed by atoms with Gasteiger partial charge in [0, 0.05) is 22.7 Å². The standard InChI is InChI=1S/C14H15NO/c1-3-10-4-5-12-13-11(7-15-12)6-9(2)8-16-14(10)13/h3-5,7,9,15H,1,6,8H2,2H3. The molecule has 1 aliphatic rings. The van der Waals surface area contributed by atoms with Crippen molar-refractivity contribution in [2.75, 3.05) is 6.61 Å². The first kappa shape index (κ1) is 9.52. The number of benzene rings is 1. The minimum absolute atomic E-state index is 0.559. The summed E-state index contributed by atoms with van der Waals surface area (Å²) in [5.74, 6) is 1.55. The van der Waals surface area contributed by atoms with Gasteiger partial charge in [0.1, 0.15) is 5.75 Å². The van der Waals surface area contributed by atoms with E-state index in [0.717, 1.165) is 29.9 Å². The zero-order valence-electron chi connectivity index (χ0n) is 9.42. The fraction of sp³-hybridized carbons (Fsp3) is 0.286. The number of aromatic amines is 1. The molecule has 2 nitrogen and oxygen atoms in total. The van der Waals surface area contributed by atoms with Crippen LogP contribution in [0.4, 0.5) is 0 Å². The van der Waals surface area contributed by atoms with Crippen LogP contribution in [0, 0.1) is 5.92 Å². The monoisotopic (exact) mass is 213 g/mol. The number of rotatable bonds is 1. The molecule has 0 bridgehead atoms. The number of nitrogens with one attached hydrogen (secondary N) is 1. The van der Waals surface area contributed by atoms with Gasteiger partial charge in [0.2, 0.25) is 0 Å². The summed E-state index contributed by atoms with van der Waals surface area (Å²) in [6, 6.07) is 4.15. The molecule has 0 aliphatic carbocycles. The molecular formula is C14H15NO. The van der Waals surface area contributed by atoms with Crippen molar-refractivity contribution in [2.45, 2.75) is 13.3 Å². The maximum absolute atomic E-state index is 5.92. The summed E-state index contributed by atoms with van der Waals surface area (Å²) in [4.78, 5) is 3.31. The van der Waals surface area contributed by atoms with Gasteiger partial charge < -0.3 is 9.72 Å². The Kier molecular flexibility index (Phi) is 2.03. The van der Waals surface area contributed by atoms with Crippen molar-refractivity contribution in [3.05, 3.63) is 36.0 Å². The molecule has 1 aromatic heterocycles. The Bertz CT molecular complexity index is 553. The molecule has 0 fully saturated rings. The highest BCUT2D eigenvalue weighted by Gasteiger charge is 2.19. The number of ether oxygens (including phenoxy) is 1. The molecule has 1 unspecified atom stereocenters. The van der Waals surface area contributed by atoms with E-state index in [-0.39, 0.29) is 0 Å². The van der Waals surface area contributed by atoms with E-state index in [2.05, 4.69) is 36.8 Å². The summed E-state index contributed by atoms with van der Waals surface area (Å²) >= 11 is 0. The van der Waals surface area contributed by atoms with E-state index in [0.29, 0.717) is 5.92 Å². The van der Waals surface area contributed by atoms with E-state index in [1.807, 2.05) is 6.08 Å². The summed E-state index contributed by atoms with van der Waals surface area (Å²) < 4.78 is 5.92. The average Bonchev–Trinajstić information content (AvgIpc) is 2.61. The van der Waals surface area contributed by atoms with Crippen molar-refractivity contribution >= 4 is 17.0 Å². The van der Waals surface area contributed by atoms with E-state index < -0.39 is 0 Å².